The molecule has 2 saturated carbocycles. The quantitative estimate of drug-likeness (QED) is 0.658. The number of hydrogen-bond donors (Lipinski definition) is 2. The highest BCUT2D eigenvalue weighted by molar-refractivity contribution is 6.01. The molecule has 4 aliphatic carbocycles. The van der Waals surface area contributed by atoms with Crippen LogP contribution >= 0.6 is 0 Å². The van der Waals surface area contributed by atoms with Crippen molar-refractivity contribution in [3.63, 3.8) is 0 Å². The second-order valence-corrected chi connectivity index (χ2v) is 9.10. The molecule has 0 saturated heterocycles. The summed E-state index contributed by atoms with van der Waals surface area (Å²) in [6.45, 7) is 8.09. The van der Waals surface area contributed by atoms with Crippen molar-refractivity contribution >= 4 is 5.78 Å². The van der Waals surface area contributed by atoms with Crippen LogP contribution in [0.2, 0.25) is 0 Å². The van der Waals surface area contributed by atoms with Crippen LogP contribution in [-0.2, 0) is 4.79 Å². The molecule has 138 valence electrons. The summed E-state index contributed by atoms with van der Waals surface area (Å²) in [6.07, 6.45) is 9.20. The summed E-state index contributed by atoms with van der Waals surface area (Å²) in [5.74, 6) is 6.47. The highest BCUT2D eigenvalue weighted by atomic mass is 16.3. The second kappa shape index (κ2) is 5.44. The van der Waals surface area contributed by atoms with Crippen molar-refractivity contribution in [2.45, 2.75) is 58.7 Å². The van der Waals surface area contributed by atoms with Gasteiger partial charge in [0.15, 0.2) is 5.78 Å². The summed E-state index contributed by atoms with van der Waals surface area (Å²) >= 11 is 0. The minimum Gasteiger partial charge on any atom is -0.393 e. The molecule has 7 atom stereocenters. The van der Waals surface area contributed by atoms with Crippen molar-refractivity contribution in [1.82, 2.24) is 0 Å². The molecule has 3 nitrogen and oxygen atoms in total. The Balaban J connectivity index is 1.86. The number of allylic oxidation sites excluding steroid dienone is 6. The number of ketones is 1. The van der Waals surface area contributed by atoms with Crippen LogP contribution in [0.3, 0.4) is 0 Å². The molecule has 0 aliphatic heterocycles. The Kier molecular flexibility index (Phi) is 3.72. The molecule has 26 heavy (non-hydrogen) atoms. The van der Waals surface area contributed by atoms with Gasteiger partial charge >= 0.3 is 0 Å². The molecule has 0 radical (unpaired) electrons. The zero-order valence-corrected chi connectivity index (χ0v) is 16.0. The number of carbonyl (C=O) groups is 1. The van der Waals surface area contributed by atoms with E-state index in [-0.39, 0.29) is 29.0 Å². The molecule has 0 aromatic carbocycles. The molecule has 0 bridgehead atoms. The van der Waals surface area contributed by atoms with Crippen LogP contribution in [0.1, 0.15) is 47.0 Å². The van der Waals surface area contributed by atoms with Gasteiger partial charge in [-0.1, -0.05) is 37.5 Å². The van der Waals surface area contributed by atoms with Gasteiger partial charge in [0, 0.05) is 16.7 Å². The molecule has 1 unspecified atom stereocenters. The van der Waals surface area contributed by atoms with Crippen LogP contribution in [0.25, 0.3) is 0 Å². The smallest absolute Gasteiger partial charge is 0.178 e. The van der Waals surface area contributed by atoms with Gasteiger partial charge in [0.05, 0.1) is 6.10 Å². The Bertz CT molecular complexity index is 822. The van der Waals surface area contributed by atoms with Crippen molar-refractivity contribution in [2.24, 2.45) is 28.6 Å². The minimum absolute atomic E-state index is 0.0206. The zero-order chi connectivity index (χ0) is 18.9. The molecule has 4 aliphatic rings. The lowest BCUT2D eigenvalue weighted by Crippen LogP contribution is -2.58. The largest absolute Gasteiger partial charge is 0.393 e. The second-order valence-electron chi connectivity index (χ2n) is 9.10. The number of rotatable bonds is 0. The molecule has 2 fully saturated rings. The average molecular weight is 352 g/mol. The predicted molar refractivity (Wildman–Crippen MR) is 101 cm³/mol. The van der Waals surface area contributed by atoms with Crippen LogP contribution in [0, 0.1) is 40.4 Å². The molecule has 0 amide bonds. The van der Waals surface area contributed by atoms with Crippen molar-refractivity contribution in [3.8, 4) is 11.8 Å². The van der Waals surface area contributed by atoms with E-state index in [0.717, 1.165) is 17.6 Å². The maximum Gasteiger partial charge on any atom is 0.178 e. The Morgan fingerprint density at radius 2 is 2.04 bits per heavy atom. The van der Waals surface area contributed by atoms with Crippen LogP contribution < -0.4 is 0 Å². The first kappa shape index (κ1) is 17.8. The molecule has 0 heterocycles. The van der Waals surface area contributed by atoms with E-state index < -0.39 is 17.1 Å². The summed E-state index contributed by atoms with van der Waals surface area (Å²) in [7, 11) is 0. The molecular weight excluding hydrogens is 324 g/mol. The number of aliphatic hydroxyl groups excluding tert-OH is 1. The number of hydrogen-bond acceptors (Lipinski definition) is 3. The van der Waals surface area contributed by atoms with Gasteiger partial charge in [0.2, 0.25) is 0 Å². The summed E-state index contributed by atoms with van der Waals surface area (Å²) in [5.41, 5.74) is 0.375. The first-order valence-electron chi connectivity index (χ1n) is 9.65. The summed E-state index contributed by atoms with van der Waals surface area (Å²) in [4.78, 5) is 11.9. The van der Waals surface area contributed by atoms with E-state index in [2.05, 4.69) is 38.7 Å². The van der Waals surface area contributed by atoms with Gasteiger partial charge in [0.1, 0.15) is 5.60 Å². The fourth-order valence-electron chi connectivity index (χ4n) is 6.61. The van der Waals surface area contributed by atoms with Crippen molar-refractivity contribution in [1.29, 1.82) is 0 Å². The SMILES string of the molecule is CC#C[C@]1(O)CC[C@H]2[C@@H]3C=C(C)C4=CC(=O)C=C[C@]4(C)C3[C@@H](O)C[C@@]21C. The summed E-state index contributed by atoms with van der Waals surface area (Å²) in [6, 6.07) is 0. The van der Waals surface area contributed by atoms with E-state index in [1.165, 1.54) is 0 Å². The third kappa shape index (κ3) is 2.06. The molecule has 2 N–H and O–H groups in total. The van der Waals surface area contributed by atoms with Crippen LogP contribution in [0.5, 0.6) is 0 Å². The Morgan fingerprint density at radius 3 is 2.73 bits per heavy atom. The lowest BCUT2D eigenvalue weighted by molar-refractivity contribution is -0.129. The molecular formula is C23H28O3. The third-order valence-corrected chi connectivity index (χ3v) is 7.86. The van der Waals surface area contributed by atoms with Gasteiger partial charge in [-0.05, 0) is 62.7 Å². The van der Waals surface area contributed by atoms with Crippen LogP contribution in [0.4, 0.5) is 0 Å². The number of aliphatic hydroxyl groups is 2. The Morgan fingerprint density at radius 1 is 1.31 bits per heavy atom. The van der Waals surface area contributed by atoms with Crippen molar-refractivity contribution in [2.75, 3.05) is 0 Å². The molecule has 3 heteroatoms. The molecule has 4 rings (SSSR count). The van der Waals surface area contributed by atoms with Crippen molar-refractivity contribution in [3.05, 3.63) is 35.5 Å². The Hall–Kier alpha value is -1.63. The number of carbonyl (C=O) groups excluding carboxylic acids is 1. The van der Waals surface area contributed by atoms with E-state index in [9.17, 15) is 15.0 Å². The third-order valence-electron chi connectivity index (χ3n) is 7.86. The first-order chi connectivity index (χ1) is 12.2. The lowest BCUT2D eigenvalue weighted by atomic mass is 9.47. The van der Waals surface area contributed by atoms with Gasteiger partial charge in [-0.3, -0.25) is 4.79 Å². The van der Waals surface area contributed by atoms with E-state index in [1.807, 2.05) is 6.08 Å². The average Bonchev–Trinajstić information content (AvgIpc) is 2.80. The van der Waals surface area contributed by atoms with E-state index in [0.29, 0.717) is 12.8 Å². The van der Waals surface area contributed by atoms with Gasteiger partial charge in [-0.2, -0.15) is 0 Å². The summed E-state index contributed by atoms with van der Waals surface area (Å²) < 4.78 is 0. The van der Waals surface area contributed by atoms with Gasteiger partial charge in [-0.15, -0.1) is 5.92 Å². The zero-order valence-electron chi connectivity index (χ0n) is 16.0. The number of fused-ring (bicyclic) bond motifs is 5. The van der Waals surface area contributed by atoms with Crippen LogP contribution in [0.15, 0.2) is 35.5 Å². The standard InChI is InChI=1S/C23H28O3/c1-5-8-23(26)10-7-17-16-11-14(2)18-12-15(24)6-9-21(18,3)20(16)19(25)13-22(17,23)4/h6,9,11-12,16-17,19-20,25-26H,7,10,13H2,1-4H3/t16-,17-,19-,20?,21-,22-,23-/m0/s1. The molecule has 0 spiro atoms. The van der Waals surface area contributed by atoms with Gasteiger partial charge in [0.25, 0.3) is 0 Å². The first-order valence-corrected chi connectivity index (χ1v) is 9.65. The fraction of sp³-hybridized carbons (Fsp3) is 0.609. The van der Waals surface area contributed by atoms with E-state index in [1.54, 1.807) is 19.1 Å². The van der Waals surface area contributed by atoms with Gasteiger partial charge in [-0.25, -0.2) is 0 Å². The van der Waals surface area contributed by atoms with Crippen LogP contribution in [-0.4, -0.2) is 27.7 Å². The molecule has 0 aromatic rings. The highest BCUT2D eigenvalue weighted by Crippen LogP contribution is 2.66. The maximum atomic E-state index is 11.9. The predicted octanol–water partition coefficient (Wildman–Crippen LogP) is 3.19. The van der Waals surface area contributed by atoms with Gasteiger partial charge < -0.3 is 10.2 Å². The summed E-state index contributed by atoms with van der Waals surface area (Å²) in [5, 5.41) is 22.5. The van der Waals surface area contributed by atoms with E-state index >= 15 is 0 Å². The molecule has 0 aromatic heterocycles. The van der Waals surface area contributed by atoms with Crippen molar-refractivity contribution < 1.29 is 15.0 Å². The fourth-order valence-corrected chi connectivity index (χ4v) is 6.61. The normalized spacial score (nSPS) is 49.2. The minimum atomic E-state index is -1.03. The maximum absolute atomic E-state index is 11.9. The monoisotopic (exact) mass is 352 g/mol. The lowest BCUT2D eigenvalue weighted by Gasteiger charge is -2.58. The highest BCUT2D eigenvalue weighted by Gasteiger charge is 2.65. The Labute approximate surface area is 155 Å². The van der Waals surface area contributed by atoms with E-state index in [4.69, 9.17) is 0 Å². The topological polar surface area (TPSA) is 57.5 Å².